The summed E-state index contributed by atoms with van der Waals surface area (Å²) < 4.78 is 36.3. The summed E-state index contributed by atoms with van der Waals surface area (Å²) in [5, 5.41) is 10.7. The molecule has 0 aromatic heterocycles. The van der Waals surface area contributed by atoms with Crippen LogP contribution in [0.5, 0.6) is 11.5 Å². The standard InChI is InChI=1S/C22H21ClN2O4S.ClH/c1-15-10-18(28-14-16-6-5-7-17(12-16)22(24)25-2)13-19(11-15)29-30(26,27)21-9-4-3-8-20(21)23;/h3-13H,14H2,1-2H3,(H2,24,25);1H. The van der Waals surface area contributed by atoms with Crippen LogP contribution in [0, 0.1) is 12.3 Å². The van der Waals surface area contributed by atoms with Crippen LogP contribution in [-0.4, -0.2) is 21.3 Å². The number of ether oxygens (including phenoxy) is 1. The Morgan fingerprint density at radius 1 is 1.03 bits per heavy atom. The number of rotatable bonds is 7. The number of halogens is 2. The Morgan fingerprint density at radius 3 is 2.45 bits per heavy atom. The molecule has 3 aromatic carbocycles. The molecule has 0 saturated carbocycles. The van der Waals surface area contributed by atoms with Crippen molar-refractivity contribution in [1.29, 1.82) is 5.41 Å². The van der Waals surface area contributed by atoms with E-state index in [4.69, 9.17) is 25.9 Å². The fourth-order valence-corrected chi connectivity index (χ4v) is 4.20. The molecule has 0 saturated heterocycles. The highest BCUT2D eigenvalue weighted by atomic mass is 35.5. The van der Waals surface area contributed by atoms with Gasteiger partial charge in [0.1, 0.15) is 28.8 Å². The molecule has 2 N–H and O–H groups in total. The lowest BCUT2D eigenvalue weighted by Gasteiger charge is -2.12. The summed E-state index contributed by atoms with van der Waals surface area (Å²) in [7, 11) is -2.39. The average molecular weight is 481 g/mol. The summed E-state index contributed by atoms with van der Waals surface area (Å²) >= 11 is 6.00. The summed E-state index contributed by atoms with van der Waals surface area (Å²) in [5.74, 6) is 0.914. The predicted molar refractivity (Wildman–Crippen MR) is 124 cm³/mol. The molecule has 0 aliphatic heterocycles. The van der Waals surface area contributed by atoms with Gasteiger partial charge in [-0.3, -0.25) is 5.41 Å². The molecule has 6 nitrogen and oxygen atoms in total. The third-order valence-corrected chi connectivity index (χ3v) is 5.96. The highest BCUT2D eigenvalue weighted by molar-refractivity contribution is 7.87. The Kier molecular flexibility index (Phi) is 8.33. The minimum atomic E-state index is -4.08. The summed E-state index contributed by atoms with van der Waals surface area (Å²) in [6.45, 7) is 2.07. The van der Waals surface area contributed by atoms with Crippen LogP contribution >= 0.6 is 24.0 Å². The average Bonchev–Trinajstić information content (AvgIpc) is 2.71. The van der Waals surface area contributed by atoms with Gasteiger partial charge in [0.15, 0.2) is 0 Å². The second kappa shape index (κ2) is 10.5. The maximum Gasteiger partial charge on any atom is 0.340 e. The third kappa shape index (κ3) is 6.37. The van der Waals surface area contributed by atoms with Gasteiger partial charge in [0.2, 0.25) is 0 Å². The molecule has 31 heavy (non-hydrogen) atoms. The molecule has 0 heterocycles. The van der Waals surface area contributed by atoms with Crippen molar-refractivity contribution in [2.24, 2.45) is 0 Å². The first-order valence-electron chi connectivity index (χ1n) is 9.07. The van der Waals surface area contributed by atoms with Gasteiger partial charge in [-0.1, -0.05) is 41.9 Å². The molecule has 0 fully saturated rings. The molecule has 0 spiro atoms. The minimum absolute atomic E-state index is 0. The summed E-state index contributed by atoms with van der Waals surface area (Å²) in [6.07, 6.45) is 0. The highest BCUT2D eigenvalue weighted by Gasteiger charge is 2.20. The van der Waals surface area contributed by atoms with Gasteiger partial charge < -0.3 is 14.2 Å². The first kappa shape index (κ1) is 24.5. The Morgan fingerprint density at radius 2 is 1.74 bits per heavy atom. The van der Waals surface area contributed by atoms with Gasteiger partial charge in [0.25, 0.3) is 0 Å². The summed E-state index contributed by atoms with van der Waals surface area (Å²) in [6, 6.07) is 18.4. The van der Waals surface area contributed by atoms with Crippen molar-refractivity contribution in [3.63, 3.8) is 0 Å². The number of benzene rings is 3. The highest BCUT2D eigenvalue weighted by Crippen LogP contribution is 2.28. The molecule has 3 rings (SSSR count). The van der Waals surface area contributed by atoms with E-state index < -0.39 is 10.1 Å². The maximum atomic E-state index is 12.6. The topological polar surface area (TPSA) is 88.5 Å². The summed E-state index contributed by atoms with van der Waals surface area (Å²) in [5.41, 5.74) is 2.40. The number of amidine groups is 1. The monoisotopic (exact) mass is 480 g/mol. The SMILES string of the molecule is CNC(=N)c1cccc(COc2cc(C)cc(OS(=O)(=O)c3ccccc3Cl)c2)c1.Cl. The van der Waals surface area contributed by atoms with E-state index >= 15 is 0 Å². The Balaban J connectivity index is 0.00000341. The number of hydrogen-bond acceptors (Lipinski definition) is 5. The number of nitrogens with one attached hydrogen (secondary N) is 2. The zero-order chi connectivity index (χ0) is 21.7. The van der Waals surface area contributed by atoms with Gasteiger partial charge in [-0.05, 0) is 48.4 Å². The quantitative estimate of drug-likeness (QED) is 0.283. The Hall–Kier alpha value is -2.74. The predicted octanol–water partition coefficient (Wildman–Crippen LogP) is 4.96. The molecule has 9 heteroatoms. The van der Waals surface area contributed by atoms with Crippen molar-refractivity contribution >= 4 is 40.0 Å². The molecule has 0 bridgehead atoms. The van der Waals surface area contributed by atoms with Crippen LogP contribution in [0.2, 0.25) is 5.02 Å². The zero-order valence-corrected chi connectivity index (χ0v) is 19.3. The first-order valence-corrected chi connectivity index (χ1v) is 10.9. The normalized spacial score (nSPS) is 10.7. The maximum absolute atomic E-state index is 12.6. The molecule has 0 amide bonds. The van der Waals surface area contributed by atoms with Crippen molar-refractivity contribution in [2.45, 2.75) is 18.4 Å². The molecule has 0 aliphatic rings. The van der Waals surface area contributed by atoms with E-state index in [1.807, 2.05) is 31.2 Å². The van der Waals surface area contributed by atoms with E-state index in [0.29, 0.717) is 11.6 Å². The van der Waals surface area contributed by atoms with Crippen molar-refractivity contribution in [3.8, 4) is 11.5 Å². The second-order valence-corrected chi connectivity index (χ2v) is 8.49. The number of hydrogen-bond donors (Lipinski definition) is 2. The molecule has 0 radical (unpaired) electrons. The van der Waals surface area contributed by atoms with E-state index in [-0.39, 0.29) is 34.7 Å². The van der Waals surface area contributed by atoms with Gasteiger partial charge in [-0.2, -0.15) is 8.42 Å². The van der Waals surface area contributed by atoms with E-state index in [2.05, 4.69) is 5.32 Å². The zero-order valence-electron chi connectivity index (χ0n) is 16.9. The Bertz CT molecular complexity index is 1180. The van der Waals surface area contributed by atoms with Crippen molar-refractivity contribution in [3.05, 3.63) is 88.4 Å². The van der Waals surface area contributed by atoms with Crippen LogP contribution in [0.3, 0.4) is 0 Å². The summed E-state index contributed by atoms with van der Waals surface area (Å²) in [4.78, 5) is -0.0977. The molecule has 0 aliphatic carbocycles. The smallest absolute Gasteiger partial charge is 0.340 e. The lowest BCUT2D eigenvalue weighted by molar-refractivity contribution is 0.305. The molecule has 164 valence electrons. The fraction of sp³-hybridized carbons (Fsp3) is 0.136. The van der Waals surface area contributed by atoms with Gasteiger partial charge in [-0.15, -0.1) is 12.4 Å². The van der Waals surface area contributed by atoms with E-state index in [9.17, 15) is 8.42 Å². The largest absolute Gasteiger partial charge is 0.489 e. The fourth-order valence-electron chi connectivity index (χ4n) is 2.79. The van der Waals surface area contributed by atoms with Crippen LogP contribution in [0.25, 0.3) is 0 Å². The molecular formula is C22H22Cl2N2O4S. The molecule has 0 atom stereocenters. The Labute approximate surface area is 193 Å². The first-order chi connectivity index (χ1) is 14.3. The van der Waals surface area contributed by atoms with Crippen molar-refractivity contribution in [2.75, 3.05) is 7.05 Å². The lowest BCUT2D eigenvalue weighted by Crippen LogP contribution is -2.18. The van der Waals surface area contributed by atoms with Crippen LogP contribution in [0.4, 0.5) is 0 Å². The third-order valence-electron chi connectivity index (χ3n) is 4.21. The van der Waals surface area contributed by atoms with E-state index in [1.54, 1.807) is 31.3 Å². The van der Waals surface area contributed by atoms with Gasteiger partial charge >= 0.3 is 10.1 Å². The van der Waals surface area contributed by atoms with Crippen LogP contribution < -0.4 is 14.2 Å². The minimum Gasteiger partial charge on any atom is -0.489 e. The molecule has 3 aromatic rings. The van der Waals surface area contributed by atoms with Crippen molar-refractivity contribution in [1.82, 2.24) is 5.32 Å². The lowest BCUT2D eigenvalue weighted by atomic mass is 10.1. The molecular weight excluding hydrogens is 459 g/mol. The van der Waals surface area contributed by atoms with Gasteiger partial charge in [-0.25, -0.2) is 0 Å². The van der Waals surface area contributed by atoms with Gasteiger partial charge in [0.05, 0.1) is 5.02 Å². The van der Waals surface area contributed by atoms with Crippen LogP contribution in [0.15, 0.2) is 71.6 Å². The number of aryl methyl sites for hydroxylation is 1. The molecule has 0 unspecified atom stereocenters. The van der Waals surface area contributed by atoms with Crippen LogP contribution in [0.1, 0.15) is 16.7 Å². The van der Waals surface area contributed by atoms with E-state index in [0.717, 1.165) is 16.7 Å². The van der Waals surface area contributed by atoms with E-state index in [1.165, 1.54) is 18.2 Å². The van der Waals surface area contributed by atoms with Gasteiger partial charge in [0, 0.05) is 18.7 Å². The second-order valence-electron chi connectivity index (χ2n) is 6.56. The van der Waals surface area contributed by atoms with Crippen LogP contribution in [-0.2, 0) is 16.7 Å². The van der Waals surface area contributed by atoms with Crippen molar-refractivity contribution < 1.29 is 17.3 Å².